The van der Waals surface area contributed by atoms with Crippen molar-refractivity contribution in [3.8, 4) is 17.2 Å². The van der Waals surface area contributed by atoms with Gasteiger partial charge in [-0.15, -0.1) is 0 Å². The maximum absolute atomic E-state index is 12.1. The Labute approximate surface area is 146 Å². The molecule has 1 atom stereocenters. The largest absolute Gasteiger partial charge is 0.508 e. The summed E-state index contributed by atoms with van der Waals surface area (Å²) in [5.41, 5.74) is 2.60. The molecule has 2 aromatic carbocycles. The van der Waals surface area contributed by atoms with Gasteiger partial charge in [0.25, 0.3) is 0 Å². The van der Waals surface area contributed by atoms with Gasteiger partial charge in [0.2, 0.25) is 5.91 Å². The molecule has 0 aliphatic carbocycles. The van der Waals surface area contributed by atoms with Crippen LogP contribution < -0.4 is 9.47 Å². The van der Waals surface area contributed by atoms with Crippen LogP contribution in [0.1, 0.15) is 30.5 Å². The Morgan fingerprint density at radius 2 is 1.80 bits per heavy atom. The summed E-state index contributed by atoms with van der Waals surface area (Å²) in [5.74, 6) is 1.32. The van der Waals surface area contributed by atoms with Crippen molar-refractivity contribution < 1.29 is 19.4 Å². The molecule has 2 aromatic rings. The summed E-state index contributed by atoms with van der Waals surface area (Å²) < 4.78 is 10.6. The number of ether oxygens (including phenoxy) is 2. The van der Waals surface area contributed by atoms with Gasteiger partial charge in [-0.25, -0.2) is 5.01 Å². The monoisotopic (exact) mass is 340 g/mol. The molecule has 0 bridgehead atoms. The molecule has 0 unspecified atom stereocenters. The number of aromatic hydroxyl groups is 1. The summed E-state index contributed by atoms with van der Waals surface area (Å²) >= 11 is 0. The second-order valence-corrected chi connectivity index (χ2v) is 5.79. The van der Waals surface area contributed by atoms with Gasteiger partial charge in [-0.2, -0.15) is 5.10 Å². The fourth-order valence-electron chi connectivity index (χ4n) is 2.95. The number of benzene rings is 2. The minimum atomic E-state index is -0.207. The molecule has 3 rings (SSSR count). The lowest BCUT2D eigenvalue weighted by atomic mass is 9.98. The molecule has 0 aromatic heterocycles. The number of phenols is 1. The smallest absolute Gasteiger partial charge is 0.240 e. The van der Waals surface area contributed by atoms with Gasteiger partial charge in [0.05, 0.1) is 26.0 Å². The van der Waals surface area contributed by atoms with Crippen molar-refractivity contribution in [2.45, 2.75) is 19.4 Å². The summed E-state index contributed by atoms with van der Waals surface area (Å²) in [6, 6.07) is 12.2. The number of phenolic OH excluding ortho intramolecular Hbond substituents is 1. The number of carbonyl (C=O) groups is 1. The minimum absolute atomic E-state index is 0.131. The third-order valence-corrected chi connectivity index (χ3v) is 4.23. The van der Waals surface area contributed by atoms with E-state index in [4.69, 9.17) is 9.47 Å². The predicted molar refractivity (Wildman–Crippen MR) is 94.1 cm³/mol. The maximum atomic E-state index is 12.1. The van der Waals surface area contributed by atoms with Crippen molar-refractivity contribution in [1.82, 2.24) is 5.01 Å². The molecule has 130 valence electrons. The van der Waals surface area contributed by atoms with E-state index in [0.717, 1.165) is 16.8 Å². The minimum Gasteiger partial charge on any atom is -0.508 e. The summed E-state index contributed by atoms with van der Waals surface area (Å²) in [6.45, 7) is 1.50. The lowest BCUT2D eigenvalue weighted by Gasteiger charge is -2.21. The van der Waals surface area contributed by atoms with Crippen LogP contribution >= 0.6 is 0 Å². The van der Waals surface area contributed by atoms with E-state index >= 15 is 0 Å². The van der Waals surface area contributed by atoms with Crippen molar-refractivity contribution >= 4 is 11.6 Å². The molecule has 0 saturated carbocycles. The molecular weight excluding hydrogens is 320 g/mol. The number of hydrazone groups is 1. The molecular formula is C19H20N2O4. The summed E-state index contributed by atoms with van der Waals surface area (Å²) in [6.07, 6.45) is 0.583. The molecule has 1 N–H and O–H groups in total. The number of amides is 1. The molecule has 0 spiro atoms. The van der Waals surface area contributed by atoms with Crippen LogP contribution in [-0.2, 0) is 4.79 Å². The number of hydrogen-bond acceptors (Lipinski definition) is 5. The predicted octanol–water partition coefficient (Wildman–Crippen LogP) is 3.11. The molecule has 6 nitrogen and oxygen atoms in total. The quantitative estimate of drug-likeness (QED) is 0.928. The number of rotatable bonds is 4. The van der Waals surface area contributed by atoms with Crippen LogP contribution in [0, 0.1) is 0 Å². The van der Waals surface area contributed by atoms with Crippen LogP contribution in [0.4, 0.5) is 0 Å². The first-order valence-electron chi connectivity index (χ1n) is 7.92. The maximum Gasteiger partial charge on any atom is 0.240 e. The lowest BCUT2D eigenvalue weighted by Crippen LogP contribution is -2.24. The van der Waals surface area contributed by atoms with Crippen molar-refractivity contribution in [3.63, 3.8) is 0 Å². The molecule has 0 radical (unpaired) electrons. The first kappa shape index (κ1) is 16.8. The molecule has 25 heavy (non-hydrogen) atoms. The Bertz CT molecular complexity index is 815. The summed E-state index contributed by atoms with van der Waals surface area (Å²) in [4.78, 5) is 12.1. The van der Waals surface area contributed by atoms with Gasteiger partial charge in [0.15, 0.2) is 11.5 Å². The third-order valence-electron chi connectivity index (χ3n) is 4.23. The lowest BCUT2D eigenvalue weighted by molar-refractivity contribution is -0.130. The van der Waals surface area contributed by atoms with Crippen LogP contribution in [0.15, 0.2) is 47.6 Å². The highest BCUT2D eigenvalue weighted by molar-refractivity contribution is 6.03. The van der Waals surface area contributed by atoms with E-state index in [2.05, 4.69) is 5.10 Å². The van der Waals surface area contributed by atoms with Gasteiger partial charge in [-0.3, -0.25) is 4.79 Å². The van der Waals surface area contributed by atoms with E-state index in [9.17, 15) is 9.90 Å². The molecule has 0 saturated heterocycles. The summed E-state index contributed by atoms with van der Waals surface area (Å²) in [5, 5.41) is 15.4. The van der Waals surface area contributed by atoms with Crippen LogP contribution in [0.25, 0.3) is 0 Å². The van der Waals surface area contributed by atoms with Gasteiger partial charge in [0.1, 0.15) is 5.75 Å². The second-order valence-electron chi connectivity index (χ2n) is 5.79. The highest BCUT2D eigenvalue weighted by Gasteiger charge is 2.31. The van der Waals surface area contributed by atoms with E-state index in [0.29, 0.717) is 17.9 Å². The fourth-order valence-corrected chi connectivity index (χ4v) is 2.95. The average Bonchev–Trinajstić information content (AvgIpc) is 3.07. The SMILES string of the molecule is COc1ccc([C@H]2CC(c3ccc(O)cc3)=NN2C(C)=O)cc1OC. The molecule has 1 amide bonds. The zero-order chi connectivity index (χ0) is 18.0. The Hall–Kier alpha value is -3.02. The van der Waals surface area contributed by atoms with Crippen molar-refractivity contribution in [2.75, 3.05) is 14.2 Å². The molecule has 0 fully saturated rings. The van der Waals surface area contributed by atoms with E-state index in [1.165, 1.54) is 11.9 Å². The fraction of sp³-hybridized carbons (Fsp3) is 0.263. The van der Waals surface area contributed by atoms with E-state index in [-0.39, 0.29) is 17.7 Å². The van der Waals surface area contributed by atoms with Gasteiger partial charge >= 0.3 is 0 Å². The van der Waals surface area contributed by atoms with Crippen molar-refractivity contribution in [3.05, 3.63) is 53.6 Å². The number of nitrogens with zero attached hydrogens (tertiary/aromatic N) is 2. The van der Waals surface area contributed by atoms with Crippen LogP contribution in [0.5, 0.6) is 17.2 Å². The van der Waals surface area contributed by atoms with E-state index in [1.54, 1.807) is 38.5 Å². The number of hydrogen-bond donors (Lipinski definition) is 1. The molecule has 1 aliphatic heterocycles. The van der Waals surface area contributed by atoms with Crippen molar-refractivity contribution in [1.29, 1.82) is 0 Å². The number of carbonyl (C=O) groups excluding carboxylic acids is 1. The standard InChI is InChI=1S/C19H20N2O4/c1-12(22)21-17(14-6-9-18(24-2)19(10-14)25-3)11-16(20-21)13-4-7-15(23)8-5-13/h4-10,17,23H,11H2,1-3H3/t17-/m1/s1. The van der Waals surface area contributed by atoms with E-state index < -0.39 is 0 Å². The third kappa shape index (κ3) is 3.28. The molecule has 6 heteroatoms. The Morgan fingerprint density at radius 1 is 1.12 bits per heavy atom. The normalized spacial score (nSPS) is 16.5. The van der Waals surface area contributed by atoms with Gasteiger partial charge in [-0.1, -0.05) is 6.07 Å². The average molecular weight is 340 g/mol. The topological polar surface area (TPSA) is 71.4 Å². The summed E-state index contributed by atoms with van der Waals surface area (Å²) in [7, 11) is 3.17. The molecule has 1 aliphatic rings. The Morgan fingerprint density at radius 3 is 2.40 bits per heavy atom. The highest BCUT2D eigenvalue weighted by atomic mass is 16.5. The zero-order valence-electron chi connectivity index (χ0n) is 14.4. The Balaban J connectivity index is 1.94. The first-order chi connectivity index (χ1) is 12.0. The van der Waals surface area contributed by atoms with Crippen LogP contribution in [0.3, 0.4) is 0 Å². The molecule has 1 heterocycles. The number of methoxy groups -OCH3 is 2. The van der Waals surface area contributed by atoms with Gasteiger partial charge < -0.3 is 14.6 Å². The Kier molecular flexibility index (Phi) is 4.61. The van der Waals surface area contributed by atoms with Gasteiger partial charge in [0, 0.05) is 13.3 Å². The zero-order valence-corrected chi connectivity index (χ0v) is 14.4. The highest BCUT2D eigenvalue weighted by Crippen LogP contribution is 2.37. The van der Waals surface area contributed by atoms with E-state index in [1.807, 2.05) is 18.2 Å². The van der Waals surface area contributed by atoms with Crippen molar-refractivity contribution in [2.24, 2.45) is 5.10 Å². The van der Waals surface area contributed by atoms with Crippen LogP contribution in [0.2, 0.25) is 0 Å². The second kappa shape index (κ2) is 6.84. The van der Waals surface area contributed by atoms with Crippen LogP contribution in [-0.4, -0.2) is 36.0 Å². The van der Waals surface area contributed by atoms with Gasteiger partial charge in [-0.05, 0) is 47.5 Å². The first-order valence-corrected chi connectivity index (χ1v) is 7.92.